The van der Waals surface area contributed by atoms with E-state index in [9.17, 15) is 0 Å². The van der Waals surface area contributed by atoms with Crippen LogP contribution in [-0.4, -0.2) is 9.55 Å². The summed E-state index contributed by atoms with van der Waals surface area (Å²) >= 11 is 7.72. The Balaban J connectivity index is 2.51. The summed E-state index contributed by atoms with van der Waals surface area (Å²) in [6.07, 6.45) is 1.83. The van der Waals surface area contributed by atoms with E-state index < -0.39 is 0 Å². The van der Waals surface area contributed by atoms with E-state index in [-0.39, 0.29) is 0 Å². The fraction of sp³-hybridized carbons (Fsp3) is 0.300. The van der Waals surface area contributed by atoms with Gasteiger partial charge in [0.2, 0.25) is 5.28 Å². The Bertz CT molecular complexity index is 445. The second-order valence-electron chi connectivity index (χ2n) is 3.07. The molecule has 0 radical (unpaired) electrons. The first-order valence-corrected chi connectivity index (χ1v) is 5.69. The van der Waals surface area contributed by atoms with Crippen LogP contribution in [0.3, 0.4) is 0 Å². The summed E-state index contributed by atoms with van der Waals surface area (Å²) in [7, 11) is 0. The van der Waals surface area contributed by atoms with Gasteiger partial charge in [0.1, 0.15) is 0 Å². The molecule has 0 unspecified atom stereocenters. The van der Waals surface area contributed by atoms with Gasteiger partial charge < -0.3 is 4.57 Å². The zero-order valence-corrected chi connectivity index (χ0v) is 9.69. The first-order valence-electron chi connectivity index (χ1n) is 4.50. The fourth-order valence-corrected chi connectivity index (χ4v) is 2.57. The van der Waals surface area contributed by atoms with Gasteiger partial charge in [-0.1, -0.05) is 0 Å². The van der Waals surface area contributed by atoms with Gasteiger partial charge in [-0.2, -0.15) is 0 Å². The molecule has 0 fully saturated rings. The lowest BCUT2D eigenvalue weighted by molar-refractivity contribution is 0.771. The van der Waals surface area contributed by atoms with Gasteiger partial charge in [0.25, 0.3) is 0 Å². The molecule has 0 saturated carbocycles. The topological polar surface area (TPSA) is 17.8 Å². The number of hydrogen-bond donors (Lipinski definition) is 0. The SMILES string of the molecule is CCn1c(-c2ccc(C)s2)cnc1Cl. The molecule has 0 aromatic carbocycles. The highest BCUT2D eigenvalue weighted by Gasteiger charge is 2.09. The minimum atomic E-state index is 0.563. The van der Waals surface area contributed by atoms with Crippen molar-refractivity contribution in [2.24, 2.45) is 0 Å². The summed E-state index contributed by atoms with van der Waals surface area (Å²) in [5.41, 5.74) is 1.11. The van der Waals surface area contributed by atoms with E-state index in [2.05, 4.69) is 31.0 Å². The highest BCUT2D eigenvalue weighted by molar-refractivity contribution is 7.15. The average molecular weight is 227 g/mol. The van der Waals surface area contributed by atoms with Crippen molar-refractivity contribution >= 4 is 22.9 Å². The molecule has 0 atom stereocenters. The Morgan fingerprint density at radius 3 is 2.86 bits per heavy atom. The quantitative estimate of drug-likeness (QED) is 0.765. The van der Waals surface area contributed by atoms with E-state index in [1.807, 2.05) is 10.8 Å². The maximum atomic E-state index is 5.96. The standard InChI is InChI=1S/C10H11ClN2S/c1-3-13-8(6-12-10(13)11)9-5-4-7(2)14-9/h4-6H,3H2,1-2H3. The van der Waals surface area contributed by atoms with Crippen LogP contribution in [0.2, 0.25) is 5.28 Å². The van der Waals surface area contributed by atoms with Crippen molar-refractivity contribution < 1.29 is 0 Å². The number of imidazole rings is 1. The number of aromatic nitrogens is 2. The molecule has 0 aliphatic carbocycles. The molecule has 74 valence electrons. The Labute approximate surface area is 92.2 Å². The Kier molecular flexibility index (Phi) is 2.61. The smallest absolute Gasteiger partial charge is 0.203 e. The largest absolute Gasteiger partial charge is 0.314 e. The van der Waals surface area contributed by atoms with Crippen LogP contribution in [0.25, 0.3) is 10.6 Å². The maximum Gasteiger partial charge on any atom is 0.203 e. The third kappa shape index (κ3) is 1.57. The molecular formula is C10H11ClN2S. The van der Waals surface area contributed by atoms with E-state index in [1.54, 1.807) is 11.3 Å². The zero-order chi connectivity index (χ0) is 10.1. The molecule has 0 aliphatic rings. The van der Waals surface area contributed by atoms with Crippen molar-refractivity contribution in [1.29, 1.82) is 0 Å². The predicted molar refractivity (Wildman–Crippen MR) is 61.0 cm³/mol. The van der Waals surface area contributed by atoms with E-state index in [0.717, 1.165) is 12.2 Å². The monoisotopic (exact) mass is 226 g/mol. The van der Waals surface area contributed by atoms with E-state index in [1.165, 1.54) is 9.75 Å². The van der Waals surface area contributed by atoms with Crippen LogP contribution in [0.15, 0.2) is 18.3 Å². The van der Waals surface area contributed by atoms with Crippen molar-refractivity contribution in [3.8, 4) is 10.6 Å². The molecule has 4 heteroatoms. The molecule has 0 spiro atoms. The van der Waals surface area contributed by atoms with Crippen LogP contribution in [0, 0.1) is 6.92 Å². The molecule has 2 rings (SSSR count). The number of hydrogen-bond acceptors (Lipinski definition) is 2. The summed E-state index contributed by atoms with van der Waals surface area (Å²) < 4.78 is 2.01. The molecule has 14 heavy (non-hydrogen) atoms. The van der Waals surface area contributed by atoms with Crippen molar-refractivity contribution in [2.75, 3.05) is 0 Å². The number of aryl methyl sites for hydroxylation is 1. The summed E-state index contributed by atoms with van der Waals surface area (Å²) in [5, 5.41) is 0.563. The lowest BCUT2D eigenvalue weighted by Crippen LogP contribution is -1.95. The molecule has 2 aromatic heterocycles. The van der Waals surface area contributed by atoms with Crippen molar-refractivity contribution in [3.63, 3.8) is 0 Å². The van der Waals surface area contributed by atoms with Gasteiger partial charge in [0, 0.05) is 11.4 Å². The van der Waals surface area contributed by atoms with Crippen LogP contribution >= 0.6 is 22.9 Å². The lowest BCUT2D eigenvalue weighted by Gasteiger charge is -2.03. The summed E-state index contributed by atoms with van der Waals surface area (Å²) in [6.45, 7) is 5.02. The first-order chi connectivity index (χ1) is 6.72. The molecular weight excluding hydrogens is 216 g/mol. The Morgan fingerprint density at radius 1 is 1.50 bits per heavy atom. The van der Waals surface area contributed by atoms with Crippen LogP contribution in [-0.2, 0) is 6.54 Å². The number of halogens is 1. The fourth-order valence-electron chi connectivity index (χ4n) is 1.42. The summed E-state index contributed by atoms with van der Waals surface area (Å²) in [6, 6.07) is 4.22. The first kappa shape index (κ1) is 9.74. The molecule has 0 N–H and O–H groups in total. The van der Waals surface area contributed by atoms with Gasteiger partial charge in [0.15, 0.2) is 0 Å². The summed E-state index contributed by atoms with van der Waals surface area (Å²) in [5.74, 6) is 0. The van der Waals surface area contributed by atoms with Crippen molar-refractivity contribution in [3.05, 3.63) is 28.5 Å². The molecule has 0 amide bonds. The van der Waals surface area contributed by atoms with Gasteiger partial charge in [0.05, 0.1) is 16.8 Å². The van der Waals surface area contributed by atoms with Crippen LogP contribution in [0.5, 0.6) is 0 Å². The number of rotatable bonds is 2. The van der Waals surface area contributed by atoms with Gasteiger partial charge in [-0.3, -0.25) is 0 Å². The van der Waals surface area contributed by atoms with Gasteiger partial charge in [-0.25, -0.2) is 4.98 Å². The second-order valence-corrected chi connectivity index (χ2v) is 4.69. The zero-order valence-electron chi connectivity index (χ0n) is 8.12. The number of thiophene rings is 1. The van der Waals surface area contributed by atoms with E-state index >= 15 is 0 Å². The minimum Gasteiger partial charge on any atom is -0.314 e. The predicted octanol–water partition coefficient (Wildman–Crippen LogP) is 3.59. The van der Waals surface area contributed by atoms with Crippen LogP contribution < -0.4 is 0 Å². The van der Waals surface area contributed by atoms with E-state index in [0.29, 0.717) is 5.28 Å². The molecule has 2 aromatic rings. The normalized spacial score (nSPS) is 10.8. The highest BCUT2D eigenvalue weighted by atomic mass is 35.5. The highest BCUT2D eigenvalue weighted by Crippen LogP contribution is 2.29. The molecule has 2 heterocycles. The molecule has 2 nitrogen and oxygen atoms in total. The second kappa shape index (κ2) is 3.75. The Morgan fingerprint density at radius 2 is 2.29 bits per heavy atom. The van der Waals surface area contributed by atoms with Crippen LogP contribution in [0.4, 0.5) is 0 Å². The van der Waals surface area contributed by atoms with Gasteiger partial charge in [-0.05, 0) is 37.6 Å². The van der Waals surface area contributed by atoms with Crippen molar-refractivity contribution in [1.82, 2.24) is 9.55 Å². The maximum absolute atomic E-state index is 5.96. The van der Waals surface area contributed by atoms with Gasteiger partial charge in [-0.15, -0.1) is 11.3 Å². The summed E-state index contributed by atoms with van der Waals surface area (Å²) in [4.78, 5) is 6.64. The third-order valence-corrected chi connectivity index (χ3v) is 3.44. The minimum absolute atomic E-state index is 0.563. The average Bonchev–Trinajstić information content (AvgIpc) is 2.71. The van der Waals surface area contributed by atoms with E-state index in [4.69, 9.17) is 11.6 Å². The lowest BCUT2D eigenvalue weighted by atomic mass is 10.3. The van der Waals surface area contributed by atoms with Crippen molar-refractivity contribution in [2.45, 2.75) is 20.4 Å². The molecule has 0 saturated heterocycles. The third-order valence-electron chi connectivity index (χ3n) is 2.12. The Hall–Kier alpha value is -0.800. The van der Waals surface area contributed by atoms with Gasteiger partial charge >= 0.3 is 0 Å². The van der Waals surface area contributed by atoms with Crippen LogP contribution in [0.1, 0.15) is 11.8 Å². The molecule has 0 bridgehead atoms. The molecule has 0 aliphatic heterocycles. The number of nitrogens with zero attached hydrogens (tertiary/aromatic N) is 2.